The zero-order chi connectivity index (χ0) is 18.1. The van der Waals surface area contributed by atoms with Crippen molar-refractivity contribution in [3.63, 3.8) is 0 Å². The van der Waals surface area contributed by atoms with Gasteiger partial charge in [0.25, 0.3) is 5.56 Å². The van der Waals surface area contributed by atoms with E-state index >= 15 is 0 Å². The van der Waals surface area contributed by atoms with Crippen LogP contribution in [0.15, 0.2) is 46.5 Å². The predicted octanol–water partition coefficient (Wildman–Crippen LogP) is 2.46. The van der Waals surface area contributed by atoms with E-state index in [9.17, 15) is 14.4 Å². The summed E-state index contributed by atoms with van der Waals surface area (Å²) in [6.45, 7) is 2.43. The predicted molar refractivity (Wildman–Crippen MR) is 95.8 cm³/mol. The van der Waals surface area contributed by atoms with Crippen LogP contribution in [-0.2, 0) is 9.53 Å². The maximum absolute atomic E-state index is 11.9. The summed E-state index contributed by atoms with van der Waals surface area (Å²) in [6, 6.07) is 7.79. The van der Waals surface area contributed by atoms with Crippen molar-refractivity contribution in [2.45, 2.75) is 24.9 Å². The molecule has 1 heterocycles. The number of rotatable bonds is 8. The minimum Gasteiger partial charge on any atom is -0.462 e. The highest BCUT2D eigenvalue weighted by molar-refractivity contribution is 7.99. The lowest BCUT2D eigenvalue weighted by Gasteiger charge is -2.07. The summed E-state index contributed by atoms with van der Waals surface area (Å²) in [4.78, 5) is 41.3. The summed E-state index contributed by atoms with van der Waals surface area (Å²) >= 11 is 1.13. The highest BCUT2D eigenvalue weighted by Gasteiger charge is 2.08. The van der Waals surface area contributed by atoms with Crippen LogP contribution in [0.25, 0.3) is 0 Å². The van der Waals surface area contributed by atoms with E-state index in [0.29, 0.717) is 23.0 Å². The summed E-state index contributed by atoms with van der Waals surface area (Å²) in [5.74, 6) is -0.510. The number of esters is 1. The molecule has 1 aromatic carbocycles. The molecule has 0 unspecified atom stereocenters. The molecule has 1 aromatic heterocycles. The first kappa shape index (κ1) is 18.7. The second kappa shape index (κ2) is 9.63. The molecular weight excluding hydrogens is 342 g/mol. The Labute approximate surface area is 149 Å². The lowest BCUT2D eigenvalue weighted by atomic mass is 10.2. The summed E-state index contributed by atoms with van der Waals surface area (Å²) in [6.07, 6.45) is 3.18. The van der Waals surface area contributed by atoms with Crippen molar-refractivity contribution in [2.75, 3.05) is 17.7 Å². The SMILES string of the molecule is CCCCOC(=O)c1ccc(NC(=O)CSc2nccc(=O)[nH]2)cc1. The number of anilines is 1. The van der Waals surface area contributed by atoms with Crippen LogP contribution in [-0.4, -0.2) is 34.2 Å². The minimum absolute atomic E-state index is 0.105. The van der Waals surface area contributed by atoms with Gasteiger partial charge in [-0.3, -0.25) is 9.59 Å². The Hall–Kier alpha value is -2.61. The number of nitrogens with zero attached hydrogens (tertiary/aromatic N) is 1. The molecule has 25 heavy (non-hydrogen) atoms. The molecule has 0 fully saturated rings. The van der Waals surface area contributed by atoms with Gasteiger partial charge in [-0.2, -0.15) is 0 Å². The maximum atomic E-state index is 11.9. The van der Waals surface area contributed by atoms with E-state index < -0.39 is 0 Å². The zero-order valence-electron chi connectivity index (χ0n) is 13.8. The molecule has 0 aliphatic rings. The number of carbonyl (C=O) groups is 2. The van der Waals surface area contributed by atoms with Crippen LogP contribution in [0.4, 0.5) is 5.69 Å². The minimum atomic E-state index is -0.374. The molecule has 7 nitrogen and oxygen atoms in total. The molecule has 0 radical (unpaired) electrons. The number of aromatic amines is 1. The van der Waals surface area contributed by atoms with Crippen LogP contribution in [0.2, 0.25) is 0 Å². The van der Waals surface area contributed by atoms with Gasteiger partial charge in [0.15, 0.2) is 5.16 Å². The molecule has 8 heteroatoms. The topological polar surface area (TPSA) is 101 Å². The number of amides is 1. The molecule has 0 saturated carbocycles. The number of unbranched alkanes of at least 4 members (excludes halogenated alkanes) is 1. The molecule has 0 atom stereocenters. The van der Waals surface area contributed by atoms with Crippen LogP contribution < -0.4 is 10.9 Å². The molecular formula is C17H19N3O4S. The Morgan fingerprint density at radius 2 is 2.00 bits per heavy atom. The van der Waals surface area contributed by atoms with Crippen molar-refractivity contribution in [3.8, 4) is 0 Å². The van der Waals surface area contributed by atoms with Crippen LogP contribution in [0.5, 0.6) is 0 Å². The Balaban J connectivity index is 1.82. The third kappa shape index (κ3) is 6.42. The van der Waals surface area contributed by atoms with Gasteiger partial charge in [-0.15, -0.1) is 0 Å². The van der Waals surface area contributed by atoms with Crippen molar-refractivity contribution < 1.29 is 14.3 Å². The van der Waals surface area contributed by atoms with Gasteiger partial charge in [0.2, 0.25) is 5.91 Å². The first-order chi connectivity index (χ1) is 12.1. The lowest BCUT2D eigenvalue weighted by Crippen LogP contribution is -2.15. The van der Waals surface area contributed by atoms with Crippen LogP contribution in [0.3, 0.4) is 0 Å². The third-order valence-corrected chi connectivity index (χ3v) is 4.01. The molecule has 0 bridgehead atoms. The molecule has 0 spiro atoms. The van der Waals surface area contributed by atoms with Crippen molar-refractivity contribution >= 4 is 29.3 Å². The maximum Gasteiger partial charge on any atom is 0.338 e. The van der Waals surface area contributed by atoms with Crippen LogP contribution in [0.1, 0.15) is 30.1 Å². The summed E-state index contributed by atoms with van der Waals surface area (Å²) in [5, 5.41) is 3.10. The summed E-state index contributed by atoms with van der Waals surface area (Å²) < 4.78 is 5.12. The second-order valence-electron chi connectivity index (χ2n) is 5.14. The zero-order valence-corrected chi connectivity index (χ0v) is 14.6. The smallest absolute Gasteiger partial charge is 0.338 e. The quantitative estimate of drug-likeness (QED) is 0.324. The summed E-state index contributed by atoms with van der Waals surface area (Å²) in [5.41, 5.74) is 0.749. The van der Waals surface area contributed by atoms with Gasteiger partial charge in [0.05, 0.1) is 17.9 Å². The molecule has 2 rings (SSSR count). The fraction of sp³-hybridized carbons (Fsp3) is 0.294. The van der Waals surface area contributed by atoms with Crippen molar-refractivity contribution in [1.29, 1.82) is 0 Å². The number of hydrogen-bond acceptors (Lipinski definition) is 6. The number of H-pyrrole nitrogens is 1. The molecule has 2 aromatic rings. The molecule has 0 aliphatic carbocycles. The van der Waals surface area contributed by atoms with Crippen molar-refractivity contribution in [3.05, 3.63) is 52.4 Å². The van der Waals surface area contributed by atoms with E-state index in [1.807, 2.05) is 6.92 Å². The van der Waals surface area contributed by atoms with Gasteiger partial charge in [0.1, 0.15) is 0 Å². The Morgan fingerprint density at radius 3 is 2.68 bits per heavy atom. The van der Waals surface area contributed by atoms with Gasteiger partial charge < -0.3 is 15.0 Å². The largest absolute Gasteiger partial charge is 0.462 e. The number of hydrogen-bond donors (Lipinski definition) is 2. The number of aromatic nitrogens is 2. The third-order valence-electron chi connectivity index (χ3n) is 3.12. The molecule has 0 aliphatic heterocycles. The fourth-order valence-electron chi connectivity index (χ4n) is 1.84. The van der Waals surface area contributed by atoms with Gasteiger partial charge in [-0.1, -0.05) is 25.1 Å². The average Bonchev–Trinajstić information content (AvgIpc) is 2.61. The van der Waals surface area contributed by atoms with Crippen molar-refractivity contribution in [2.24, 2.45) is 0 Å². The lowest BCUT2D eigenvalue weighted by molar-refractivity contribution is -0.113. The number of ether oxygens (including phenoxy) is 1. The van der Waals surface area contributed by atoms with E-state index in [1.165, 1.54) is 12.3 Å². The Bertz CT molecular complexity index is 774. The number of thioether (sulfide) groups is 1. The first-order valence-corrected chi connectivity index (χ1v) is 8.82. The Kier molecular flexibility index (Phi) is 7.21. The van der Waals surface area contributed by atoms with E-state index in [2.05, 4.69) is 15.3 Å². The molecule has 1 amide bonds. The van der Waals surface area contributed by atoms with E-state index in [-0.39, 0.29) is 23.2 Å². The molecule has 132 valence electrons. The monoisotopic (exact) mass is 361 g/mol. The molecule has 2 N–H and O–H groups in total. The van der Waals surface area contributed by atoms with Gasteiger partial charge in [-0.05, 0) is 30.7 Å². The summed E-state index contributed by atoms with van der Waals surface area (Å²) in [7, 11) is 0. The van der Waals surface area contributed by atoms with Crippen LogP contribution in [0, 0.1) is 0 Å². The fourth-order valence-corrected chi connectivity index (χ4v) is 2.49. The average molecular weight is 361 g/mol. The van der Waals surface area contributed by atoms with Crippen molar-refractivity contribution in [1.82, 2.24) is 9.97 Å². The van der Waals surface area contributed by atoms with E-state index in [4.69, 9.17) is 4.74 Å². The van der Waals surface area contributed by atoms with Gasteiger partial charge in [0, 0.05) is 18.0 Å². The van der Waals surface area contributed by atoms with Crippen LogP contribution >= 0.6 is 11.8 Å². The van der Waals surface area contributed by atoms with E-state index in [1.54, 1.807) is 24.3 Å². The molecule has 0 saturated heterocycles. The highest BCUT2D eigenvalue weighted by Crippen LogP contribution is 2.13. The normalized spacial score (nSPS) is 10.3. The standard InChI is InChI=1S/C17H19N3O4S/c1-2-3-10-24-16(23)12-4-6-13(7-5-12)19-15(22)11-25-17-18-9-8-14(21)20-17/h4-9H,2-3,10-11H2,1H3,(H,19,22)(H,18,20,21). The van der Waals surface area contributed by atoms with Gasteiger partial charge >= 0.3 is 5.97 Å². The van der Waals surface area contributed by atoms with Gasteiger partial charge in [-0.25, -0.2) is 9.78 Å². The Morgan fingerprint density at radius 1 is 1.24 bits per heavy atom. The van der Waals surface area contributed by atoms with E-state index in [0.717, 1.165) is 24.6 Å². The second-order valence-corrected chi connectivity index (χ2v) is 6.11. The number of benzene rings is 1. The number of carbonyl (C=O) groups excluding carboxylic acids is 2. The highest BCUT2D eigenvalue weighted by atomic mass is 32.2. The number of nitrogens with one attached hydrogen (secondary N) is 2. The first-order valence-electron chi connectivity index (χ1n) is 7.83.